The van der Waals surface area contributed by atoms with Gasteiger partial charge in [-0.05, 0) is 54.4 Å². The third-order valence-corrected chi connectivity index (χ3v) is 8.26. The Labute approximate surface area is 255 Å². The zero-order valence-corrected chi connectivity index (χ0v) is 25.3. The predicted octanol–water partition coefficient (Wildman–Crippen LogP) is 6.23. The number of amides is 2. The third kappa shape index (κ3) is 5.92. The van der Waals surface area contributed by atoms with Crippen molar-refractivity contribution in [2.75, 3.05) is 0 Å². The van der Waals surface area contributed by atoms with Crippen LogP contribution in [0.2, 0.25) is 0 Å². The Kier molecular flexibility index (Phi) is 8.51. The van der Waals surface area contributed by atoms with E-state index >= 15 is 0 Å². The minimum atomic E-state index is -4.77. The van der Waals surface area contributed by atoms with E-state index in [-0.39, 0.29) is 30.9 Å². The first-order valence-corrected chi connectivity index (χ1v) is 14.9. The topological polar surface area (TPSA) is 105 Å². The Morgan fingerprint density at radius 1 is 0.977 bits per heavy atom. The fourth-order valence-electron chi connectivity index (χ4n) is 6.03. The van der Waals surface area contributed by atoms with Gasteiger partial charge in [0.2, 0.25) is 0 Å². The fourth-order valence-corrected chi connectivity index (χ4v) is 6.03. The van der Waals surface area contributed by atoms with Crippen LogP contribution in [0.15, 0.2) is 65.9 Å². The molecule has 44 heavy (non-hydrogen) atoms. The maximum atomic E-state index is 14.5. The first-order chi connectivity index (χ1) is 20.8. The van der Waals surface area contributed by atoms with Gasteiger partial charge in [-0.2, -0.15) is 13.2 Å². The number of guanidine groups is 1. The number of rotatable bonds is 9. The number of nitrogens with zero attached hydrogens (tertiary/aromatic N) is 5. The van der Waals surface area contributed by atoms with E-state index in [4.69, 9.17) is 10.7 Å². The number of hydrogen-bond donors (Lipinski definition) is 1. The molecule has 0 bridgehead atoms. The molecule has 0 spiro atoms. The van der Waals surface area contributed by atoms with Crippen molar-refractivity contribution in [1.82, 2.24) is 19.8 Å². The van der Waals surface area contributed by atoms with E-state index in [0.29, 0.717) is 47.7 Å². The van der Waals surface area contributed by atoms with Crippen LogP contribution < -0.4 is 5.73 Å². The number of hydrogen-bond acceptors (Lipinski definition) is 6. The molecule has 232 valence electrons. The maximum absolute atomic E-state index is 14.5. The van der Waals surface area contributed by atoms with Crippen molar-refractivity contribution in [3.63, 3.8) is 0 Å². The molecule has 0 fully saturated rings. The molecule has 5 rings (SSSR count). The molecule has 3 aromatic rings. The van der Waals surface area contributed by atoms with E-state index in [1.165, 1.54) is 34.3 Å². The van der Waals surface area contributed by atoms with Gasteiger partial charge < -0.3 is 10.6 Å². The van der Waals surface area contributed by atoms with Crippen LogP contribution in [0.4, 0.5) is 13.2 Å². The second kappa shape index (κ2) is 12.0. The Morgan fingerprint density at radius 3 is 2.18 bits per heavy atom. The molecule has 2 aromatic carbocycles. The molecule has 0 saturated heterocycles. The summed E-state index contributed by atoms with van der Waals surface area (Å²) in [6.45, 7) is 8.16. The van der Waals surface area contributed by atoms with E-state index in [1.54, 1.807) is 0 Å². The maximum Gasteiger partial charge on any atom is 0.417 e. The van der Waals surface area contributed by atoms with E-state index in [1.807, 2.05) is 44.2 Å². The number of fused-ring (bicyclic) bond motifs is 1. The van der Waals surface area contributed by atoms with E-state index in [2.05, 4.69) is 23.8 Å². The van der Waals surface area contributed by atoms with Crippen LogP contribution in [0.5, 0.6) is 0 Å². The van der Waals surface area contributed by atoms with Gasteiger partial charge in [-0.1, -0.05) is 64.1 Å². The van der Waals surface area contributed by atoms with Crippen LogP contribution in [0.25, 0.3) is 0 Å². The molecule has 3 heterocycles. The van der Waals surface area contributed by atoms with Crippen molar-refractivity contribution in [1.29, 1.82) is 0 Å². The van der Waals surface area contributed by atoms with Gasteiger partial charge in [-0.3, -0.25) is 24.5 Å². The van der Waals surface area contributed by atoms with Gasteiger partial charge in [0.25, 0.3) is 11.8 Å². The molecule has 11 heteroatoms. The number of benzene rings is 2. The minimum absolute atomic E-state index is 0.00757. The van der Waals surface area contributed by atoms with Crippen LogP contribution >= 0.6 is 0 Å². The molecule has 0 radical (unpaired) electrons. The summed E-state index contributed by atoms with van der Waals surface area (Å²) >= 11 is 0. The summed E-state index contributed by atoms with van der Waals surface area (Å²) in [4.78, 5) is 44.1. The highest BCUT2D eigenvalue weighted by Gasteiger charge is 2.51. The Balaban J connectivity index is 1.57. The van der Waals surface area contributed by atoms with Gasteiger partial charge in [0, 0.05) is 12.4 Å². The Morgan fingerprint density at radius 2 is 1.61 bits per heavy atom. The summed E-state index contributed by atoms with van der Waals surface area (Å²) in [5.74, 6) is -0.770. The van der Waals surface area contributed by atoms with E-state index < -0.39 is 34.8 Å². The lowest BCUT2D eigenvalue weighted by molar-refractivity contribution is -0.138. The van der Waals surface area contributed by atoms with Gasteiger partial charge in [-0.25, -0.2) is 4.99 Å². The second-order valence-corrected chi connectivity index (χ2v) is 12.4. The molecular weight excluding hydrogens is 569 g/mol. The lowest BCUT2D eigenvalue weighted by Gasteiger charge is -2.33. The highest BCUT2D eigenvalue weighted by atomic mass is 19.4. The highest BCUT2D eigenvalue weighted by molar-refractivity contribution is 6.07. The highest BCUT2D eigenvalue weighted by Crippen LogP contribution is 2.44. The third-order valence-electron chi connectivity index (χ3n) is 8.26. The van der Waals surface area contributed by atoms with Crippen molar-refractivity contribution in [2.24, 2.45) is 22.6 Å². The van der Waals surface area contributed by atoms with Crippen molar-refractivity contribution < 1.29 is 22.8 Å². The molecule has 8 nitrogen and oxygen atoms in total. The number of aliphatic imine (C=N–C) groups is 1. The predicted molar refractivity (Wildman–Crippen MR) is 160 cm³/mol. The van der Waals surface area contributed by atoms with Gasteiger partial charge in [0.1, 0.15) is 0 Å². The van der Waals surface area contributed by atoms with Crippen LogP contribution in [-0.4, -0.2) is 37.5 Å². The normalized spacial score (nSPS) is 19.1. The van der Waals surface area contributed by atoms with E-state index in [9.17, 15) is 22.8 Å². The van der Waals surface area contributed by atoms with Gasteiger partial charge in [0.05, 0.1) is 41.6 Å². The molecule has 0 aliphatic carbocycles. The van der Waals surface area contributed by atoms with Crippen LogP contribution in [0, 0.1) is 11.8 Å². The lowest BCUT2D eigenvalue weighted by Crippen LogP contribution is -2.45. The average molecular weight is 607 g/mol. The molecule has 0 saturated carbocycles. The van der Waals surface area contributed by atoms with Crippen LogP contribution in [0.3, 0.4) is 0 Å². The standard InChI is InChI=1S/C33H37F3N6O2/c1-20(2)12-13-32(23-8-6-5-7-9-23)30(44)42(31(37)40-32)28(16-21(3)4)22-10-11-25(33(34,35)36)24(17-22)29(43)41-18-26-27(19-41)39-15-14-38-26/h5-11,14-15,17,20-21,28H,12-13,16,18-19H2,1-4H3,(H2,37,40)/t28?,32-/m1/s1. The van der Waals surface area contributed by atoms with E-state index in [0.717, 1.165) is 6.07 Å². The molecule has 2 atom stereocenters. The lowest BCUT2D eigenvalue weighted by atomic mass is 9.82. The Hall–Kier alpha value is -4.28. The van der Waals surface area contributed by atoms with Crippen molar-refractivity contribution >= 4 is 17.8 Å². The number of carbonyl (C=O) groups excluding carboxylic acids is 2. The summed E-state index contributed by atoms with van der Waals surface area (Å²) in [6, 6.07) is 12.0. The van der Waals surface area contributed by atoms with Crippen LogP contribution in [-0.2, 0) is 29.6 Å². The molecule has 2 N–H and O–H groups in total. The monoisotopic (exact) mass is 606 g/mol. The number of halogens is 3. The first kappa shape index (κ1) is 31.2. The van der Waals surface area contributed by atoms with Gasteiger partial charge in [-0.15, -0.1) is 0 Å². The zero-order chi connectivity index (χ0) is 31.8. The quantitative estimate of drug-likeness (QED) is 0.311. The summed E-state index contributed by atoms with van der Waals surface area (Å²) in [7, 11) is 0. The molecule has 2 aliphatic heterocycles. The largest absolute Gasteiger partial charge is 0.417 e. The molecule has 1 unspecified atom stereocenters. The number of carbonyl (C=O) groups is 2. The van der Waals surface area contributed by atoms with Crippen molar-refractivity contribution in [2.45, 2.75) is 77.8 Å². The number of nitrogens with two attached hydrogens (primary N) is 1. The molecule has 2 amide bonds. The van der Waals surface area contributed by atoms with Gasteiger partial charge >= 0.3 is 6.18 Å². The van der Waals surface area contributed by atoms with Crippen molar-refractivity contribution in [3.8, 4) is 0 Å². The summed E-state index contributed by atoms with van der Waals surface area (Å²) in [5, 5.41) is 0. The number of aromatic nitrogens is 2. The fraction of sp³-hybridized carbons (Fsp3) is 0.424. The molecular formula is C33H37F3N6O2. The number of alkyl halides is 3. The molecule has 1 aromatic heterocycles. The summed E-state index contributed by atoms with van der Waals surface area (Å²) in [5.41, 5.74) is 5.93. The summed E-state index contributed by atoms with van der Waals surface area (Å²) < 4.78 is 42.8. The molecule has 2 aliphatic rings. The Bertz CT molecular complexity index is 1550. The minimum Gasteiger partial charge on any atom is -0.369 e. The average Bonchev–Trinajstić information content (AvgIpc) is 3.52. The SMILES string of the molecule is CC(C)CC[C@]1(c2ccccc2)N=C(N)N(C(CC(C)C)c2ccc(C(F)(F)F)c(C(=O)N3Cc4nccnc4C3)c2)C1=O. The van der Waals surface area contributed by atoms with Gasteiger partial charge in [0.15, 0.2) is 11.5 Å². The van der Waals surface area contributed by atoms with Crippen LogP contribution in [0.1, 0.15) is 91.4 Å². The zero-order valence-electron chi connectivity index (χ0n) is 25.3. The first-order valence-electron chi connectivity index (χ1n) is 14.9. The summed E-state index contributed by atoms with van der Waals surface area (Å²) in [6.07, 6.45) is -0.279. The second-order valence-electron chi connectivity index (χ2n) is 12.4. The smallest absolute Gasteiger partial charge is 0.369 e. The van der Waals surface area contributed by atoms with Crippen molar-refractivity contribution in [3.05, 3.63) is 94.6 Å².